The first-order chi connectivity index (χ1) is 41.4. The third-order valence-electron chi connectivity index (χ3n) is 16.5. The highest BCUT2D eigenvalue weighted by Gasteiger charge is 2.30. The van der Waals surface area contributed by atoms with E-state index in [0.717, 1.165) is 96.3 Å². The van der Waals surface area contributed by atoms with Crippen molar-refractivity contribution in [3.63, 3.8) is 0 Å². The predicted octanol–water partition coefficient (Wildman–Crippen LogP) is 23.3. The number of phosphoric acid groups is 1. The van der Waals surface area contributed by atoms with Crippen LogP contribution in [0.3, 0.4) is 0 Å². The largest absolute Gasteiger partial charge is 0.472 e. The number of unbranched alkanes of at least 4 members (excludes halogenated alkanes) is 43. The first kappa shape index (κ1) is 82.7. The zero-order valence-electron chi connectivity index (χ0n) is 57.1. The van der Waals surface area contributed by atoms with Gasteiger partial charge in [0.1, 0.15) is 19.3 Å². The number of nitrogens with zero attached hydrogens (tertiary/aromatic N) is 1. The number of likely N-dealkylation sites (N-methyl/N-ethyl adjacent to an activating group) is 1. The smallest absolute Gasteiger partial charge is 0.456 e. The van der Waals surface area contributed by atoms with E-state index in [0.29, 0.717) is 23.9 Å². The van der Waals surface area contributed by atoms with E-state index in [2.05, 4.69) is 74.7 Å². The van der Waals surface area contributed by atoms with Gasteiger partial charge in [-0.1, -0.05) is 326 Å². The Bertz CT molecular complexity index is 1640. The second-order valence-corrected chi connectivity index (χ2v) is 27.6. The lowest BCUT2D eigenvalue weighted by molar-refractivity contribution is -0.870. The van der Waals surface area contributed by atoms with Gasteiger partial charge in [-0.2, -0.15) is 0 Å². The molecule has 0 heterocycles. The Morgan fingerprint density at radius 2 is 0.718 bits per heavy atom. The molecule has 0 aliphatic carbocycles. The van der Waals surface area contributed by atoms with Crippen LogP contribution in [0.1, 0.15) is 355 Å². The van der Waals surface area contributed by atoms with Gasteiger partial charge >= 0.3 is 13.8 Å². The summed E-state index contributed by atoms with van der Waals surface area (Å²) in [4.78, 5) is 37.9. The molecule has 0 aromatic carbocycles. The molecule has 0 radical (unpaired) electrons. The number of allylic oxidation sites excluding steroid dienone is 9. The second kappa shape index (κ2) is 64.7. The third kappa shape index (κ3) is 66.0. The molecule has 0 rings (SSSR count). The lowest BCUT2D eigenvalue weighted by atomic mass is 10.0. The van der Waals surface area contributed by atoms with Crippen molar-refractivity contribution in [1.29, 1.82) is 0 Å². The molecule has 0 fully saturated rings. The van der Waals surface area contributed by atoms with Gasteiger partial charge in [-0.3, -0.25) is 18.6 Å². The zero-order valence-corrected chi connectivity index (χ0v) is 58.0. The Balaban J connectivity index is 5.09. The van der Waals surface area contributed by atoms with E-state index in [-0.39, 0.29) is 25.1 Å². The number of nitrogens with one attached hydrogen (secondary N) is 1. The van der Waals surface area contributed by atoms with Crippen LogP contribution in [-0.2, 0) is 27.9 Å². The first-order valence-corrected chi connectivity index (χ1v) is 38.1. The van der Waals surface area contributed by atoms with Gasteiger partial charge < -0.3 is 19.4 Å². The van der Waals surface area contributed by atoms with Gasteiger partial charge in [0.2, 0.25) is 5.91 Å². The third-order valence-corrected chi connectivity index (χ3v) is 17.4. The van der Waals surface area contributed by atoms with Crippen molar-refractivity contribution in [2.45, 2.75) is 367 Å². The molecule has 0 spiro atoms. The monoisotopic (exact) mass is 1210 g/mol. The summed E-state index contributed by atoms with van der Waals surface area (Å²) < 4.78 is 30.9. The number of ether oxygens (including phenoxy) is 1. The zero-order chi connectivity index (χ0) is 62.1. The van der Waals surface area contributed by atoms with E-state index in [1.54, 1.807) is 0 Å². The fourth-order valence-corrected chi connectivity index (χ4v) is 11.5. The minimum atomic E-state index is -4.46. The molecule has 498 valence electrons. The quantitative estimate of drug-likeness (QED) is 0.0205. The normalized spacial score (nSPS) is 13.8. The van der Waals surface area contributed by atoms with Crippen LogP contribution in [0.4, 0.5) is 0 Å². The molecule has 0 bridgehead atoms. The van der Waals surface area contributed by atoms with E-state index in [4.69, 9.17) is 13.8 Å². The topological polar surface area (TPSA) is 111 Å². The number of phosphoric ester groups is 1. The SMILES string of the molecule is CCCCC/C=C\C/C=C\C/C=C\C/C=C\CCCCCCCC(=O)NC(COP(=O)(O)OCC[N+](C)(C)C)C(/C=C/CCCCCCCCCCCCC)OC(=O)CCCCCCCCCCCCCCCCCCCCCCCCCCC. The Morgan fingerprint density at radius 3 is 1.09 bits per heavy atom. The second-order valence-electron chi connectivity index (χ2n) is 26.1. The fraction of sp³-hybridized carbons (Fsp3) is 0.840. The lowest BCUT2D eigenvalue weighted by Gasteiger charge is -2.27. The summed E-state index contributed by atoms with van der Waals surface area (Å²) in [6.45, 7) is 7.02. The van der Waals surface area contributed by atoms with E-state index >= 15 is 0 Å². The van der Waals surface area contributed by atoms with Crippen LogP contribution in [0.2, 0.25) is 0 Å². The summed E-state index contributed by atoms with van der Waals surface area (Å²) in [6, 6.07) is -0.859. The van der Waals surface area contributed by atoms with Crippen LogP contribution in [0, 0.1) is 0 Å². The Hall–Kier alpha value is -2.29. The van der Waals surface area contributed by atoms with Crippen LogP contribution in [0.5, 0.6) is 0 Å². The Morgan fingerprint density at radius 1 is 0.412 bits per heavy atom. The number of esters is 1. The van der Waals surface area contributed by atoms with Gasteiger partial charge in [0.05, 0.1) is 33.8 Å². The number of quaternary nitrogens is 1. The molecule has 0 aliphatic rings. The molecule has 2 N–H and O–H groups in total. The Labute approximate surface area is 528 Å². The van der Waals surface area contributed by atoms with Crippen LogP contribution < -0.4 is 5.32 Å². The van der Waals surface area contributed by atoms with E-state index in [1.165, 1.54) is 225 Å². The van der Waals surface area contributed by atoms with E-state index in [1.807, 2.05) is 33.3 Å². The van der Waals surface area contributed by atoms with Gasteiger partial charge in [-0.05, 0) is 76.7 Å². The minimum absolute atomic E-state index is 0.0365. The molecular weight excluding hydrogens is 1070 g/mol. The number of carbonyl (C=O) groups is 2. The van der Waals surface area contributed by atoms with Crippen molar-refractivity contribution in [1.82, 2.24) is 5.32 Å². The minimum Gasteiger partial charge on any atom is -0.456 e. The summed E-state index contributed by atoms with van der Waals surface area (Å²) >= 11 is 0. The summed E-state index contributed by atoms with van der Waals surface area (Å²) in [5.74, 6) is -0.511. The van der Waals surface area contributed by atoms with Crippen molar-refractivity contribution < 1.29 is 37.3 Å². The number of rotatable bonds is 67. The van der Waals surface area contributed by atoms with E-state index < -0.39 is 20.0 Å². The van der Waals surface area contributed by atoms with Crippen molar-refractivity contribution in [2.75, 3.05) is 40.9 Å². The highest BCUT2D eigenvalue weighted by molar-refractivity contribution is 7.47. The van der Waals surface area contributed by atoms with Crippen molar-refractivity contribution in [3.05, 3.63) is 60.8 Å². The molecule has 0 saturated carbocycles. The number of hydrogen-bond acceptors (Lipinski definition) is 6. The fourth-order valence-electron chi connectivity index (χ4n) is 10.8. The standard InChI is InChI=1S/C75H141N2O7P/c1-7-10-13-16-19-22-25-28-30-32-34-36-37-38-39-41-43-45-47-50-53-56-59-62-65-68-75(79)84-73(66-63-60-57-54-51-48-27-24-21-18-15-12-9-3)72(71-83-85(80,81)82-70-69-77(4,5)6)76-74(78)67-64-61-58-55-52-49-46-44-42-40-35-33-31-29-26-23-20-17-14-11-8-2/h20,23,29,31,35,40,44,46,63,66,72-73H,7-19,21-22,24-28,30,32-34,36-39,41-43,45,47-62,64-65,67-71H2,1-6H3,(H-,76,78,80,81)/p+1/b23-20-,31-29-,40-35-,46-44-,66-63+. The molecular formula is C75H142N2O7P+. The van der Waals surface area contributed by atoms with Gasteiger partial charge in [0.15, 0.2) is 0 Å². The summed E-state index contributed by atoms with van der Waals surface area (Å²) in [6.07, 6.45) is 83.8. The van der Waals surface area contributed by atoms with Crippen LogP contribution in [-0.4, -0.2) is 74.3 Å². The molecule has 0 aliphatic heterocycles. The average Bonchev–Trinajstić information content (AvgIpc) is 3.50. The molecule has 1 amide bonds. The van der Waals surface area contributed by atoms with Gasteiger partial charge in [-0.15, -0.1) is 0 Å². The van der Waals surface area contributed by atoms with Gasteiger partial charge in [-0.25, -0.2) is 4.57 Å². The molecule has 0 aromatic heterocycles. The number of hydrogen-bond donors (Lipinski definition) is 2. The molecule has 85 heavy (non-hydrogen) atoms. The van der Waals surface area contributed by atoms with Crippen LogP contribution in [0.25, 0.3) is 0 Å². The van der Waals surface area contributed by atoms with Gasteiger partial charge in [0, 0.05) is 12.8 Å². The van der Waals surface area contributed by atoms with E-state index in [9.17, 15) is 19.0 Å². The highest BCUT2D eigenvalue weighted by atomic mass is 31.2. The molecule has 3 atom stereocenters. The maximum atomic E-state index is 13.6. The molecule has 9 nitrogen and oxygen atoms in total. The average molecular weight is 1210 g/mol. The van der Waals surface area contributed by atoms with Crippen molar-refractivity contribution in [2.24, 2.45) is 0 Å². The number of amides is 1. The predicted molar refractivity (Wildman–Crippen MR) is 369 cm³/mol. The highest BCUT2D eigenvalue weighted by Crippen LogP contribution is 2.43. The maximum Gasteiger partial charge on any atom is 0.472 e. The molecule has 0 saturated heterocycles. The summed E-state index contributed by atoms with van der Waals surface area (Å²) in [5, 5.41) is 3.07. The Kier molecular flexibility index (Phi) is 62.9. The van der Waals surface area contributed by atoms with Gasteiger partial charge in [0.25, 0.3) is 0 Å². The lowest BCUT2D eigenvalue weighted by Crippen LogP contribution is -2.47. The molecule has 3 unspecified atom stereocenters. The molecule has 10 heteroatoms. The van der Waals surface area contributed by atoms with Crippen LogP contribution in [0.15, 0.2) is 60.8 Å². The van der Waals surface area contributed by atoms with Crippen molar-refractivity contribution >= 4 is 19.7 Å². The summed E-state index contributed by atoms with van der Waals surface area (Å²) in [7, 11) is 1.49. The molecule has 0 aromatic rings. The summed E-state index contributed by atoms with van der Waals surface area (Å²) in [5.41, 5.74) is 0. The first-order valence-electron chi connectivity index (χ1n) is 36.6. The number of carbonyl (C=O) groups excluding carboxylic acids is 2. The van der Waals surface area contributed by atoms with Crippen LogP contribution >= 0.6 is 7.82 Å². The maximum absolute atomic E-state index is 13.6. The van der Waals surface area contributed by atoms with Crippen molar-refractivity contribution in [3.8, 4) is 0 Å².